The molecule has 0 spiro atoms. The number of hydrogen-bond acceptors (Lipinski definition) is 5. The average Bonchev–Trinajstić information content (AvgIpc) is 2.59. The fourth-order valence-corrected chi connectivity index (χ4v) is 2.16. The van der Waals surface area contributed by atoms with Gasteiger partial charge in [-0.3, -0.25) is 9.59 Å². The van der Waals surface area contributed by atoms with Crippen molar-refractivity contribution in [2.24, 2.45) is 0 Å². The van der Waals surface area contributed by atoms with Crippen molar-refractivity contribution in [3.8, 4) is 11.5 Å². The first kappa shape index (κ1) is 19.5. The van der Waals surface area contributed by atoms with Gasteiger partial charge in [-0.25, -0.2) is 0 Å². The van der Waals surface area contributed by atoms with E-state index in [4.69, 9.17) is 9.47 Å². The smallest absolute Gasteiger partial charge is 0.307 e. The van der Waals surface area contributed by atoms with Crippen LogP contribution >= 0.6 is 0 Å². The summed E-state index contributed by atoms with van der Waals surface area (Å²) < 4.78 is 15.0. The highest BCUT2D eigenvalue weighted by Crippen LogP contribution is 2.28. The Morgan fingerprint density at radius 2 is 1.79 bits per heavy atom. The molecule has 6 heteroatoms. The molecule has 0 heterocycles. The minimum atomic E-state index is -0.336. The lowest BCUT2D eigenvalue weighted by molar-refractivity contribution is -0.141. The number of carbonyl (C=O) groups excluding carboxylic acids is 2. The maximum atomic E-state index is 12.4. The van der Waals surface area contributed by atoms with E-state index in [0.717, 1.165) is 5.56 Å². The normalized spacial score (nSPS) is 10.8. The summed E-state index contributed by atoms with van der Waals surface area (Å²) >= 11 is 0. The Morgan fingerprint density at radius 3 is 2.33 bits per heavy atom. The van der Waals surface area contributed by atoms with Crippen LogP contribution in [0, 0.1) is 0 Å². The lowest BCUT2D eigenvalue weighted by Crippen LogP contribution is -2.37. The highest BCUT2D eigenvalue weighted by atomic mass is 16.5. The lowest BCUT2D eigenvalue weighted by atomic mass is 10.1. The van der Waals surface area contributed by atoms with Gasteiger partial charge in [-0.2, -0.15) is 0 Å². The molecule has 132 valence electrons. The number of carbonyl (C=O) groups is 2. The van der Waals surface area contributed by atoms with Crippen molar-refractivity contribution in [2.75, 3.05) is 27.9 Å². The van der Waals surface area contributed by atoms with Gasteiger partial charge in [0.05, 0.1) is 27.8 Å². The van der Waals surface area contributed by atoms with Gasteiger partial charge in [-0.1, -0.05) is 6.07 Å². The molecule has 24 heavy (non-hydrogen) atoms. The minimum Gasteiger partial charge on any atom is -0.493 e. The average molecular weight is 335 g/mol. The molecule has 0 saturated carbocycles. The molecule has 0 fully saturated rings. The van der Waals surface area contributed by atoms with Gasteiger partial charge in [-0.15, -0.1) is 0 Å². The van der Waals surface area contributed by atoms with Crippen LogP contribution < -0.4 is 9.47 Å². The van der Waals surface area contributed by atoms with Crippen LogP contribution in [-0.4, -0.2) is 50.7 Å². The minimum absolute atomic E-state index is 0.0165. The molecule has 0 aromatic heterocycles. The third kappa shape index (κ3) is 5.61. The Balaban J connectivity index is 2.82. The number of nitrogens with zero attached hydrogens (tertiary/aromatic N) is 1. The zero-order valence-electron chi connectivity index (χ0n) is 14.9. The van der Waals surface area contributed by atoms with Crippen molar-refractivity contribution in [1.29, 1.82) is 0 Å². The summed E-state index contributed by atoms with van der Waals surface area (Å²) in [6.07, 6.45) is 3.36. The quantitative estimate of drug-likeness (QED) is 0.539. The molecular formula is C18H25NO5. The van der Waals surface area contributed by atoms with Crippen molar-refractivity contribution in [3.63, 3.8) is 0 Å². The standard InChI is InChI=1S/C18H25NO5/c1-13(2)19(11-10-18(21)24-5)17(20)9-7-14-6-8-15(22-3)16(12-14)23-4/h6-9,12-13H,10-11H2,1-5H3/b9-7+. The molecule has 1 rings (SSSR count). The Kier molecular flexibility index (Phi) is 7.82. The molecular weight excluding hydrogens is 310 g/mol. The molecule has 1 aromatic rings. The highest BCUT2D eigenvalue weighted by molar-refractivity contribution is 5.92. The topological polar surface area (TPSA) is 65.1 Å². The second kappa shape index (κ2) is 9.60. The predicted octanol–water partition coefficient (Wildman–Crippen LogP) is 2.52. The van der Waals surface area contributed by atoms with Gasteiger partial charge in [-0.05, 0) is 37.6 Å². The van der Waals surface area contributed by atoms with E-state index >= 15 is 0 Å². The number of esters is 1. The Labute approximate surface area is 143 Å². The Morgan fingerprint density at radius 1 is 1.12 bits per heavy atom. The van der Waals surface area contributed by atoms with E-state index in [-0.39, 0.29) is 24.3 Å². The zero-order valence-corrected chi connectivity index (χ0v) is 14.9. The molecule has 0 atom stereocenters. The van der Waals surface area contributed by atoms with Gasteiger partial charge >= 0.3 is 5.97 Å². The summed E-state index contributed by atoms with van der Waals surface area (Å²) in [7, 11) is 4.46. The van der Waals surface area contributed by atoms with Crippen LogP contribution in [0.2, 0.25) is 0 Å². The molecule has 0 radical (unpaired) electrons. The van der Waals surface area contributed by atoms with E-state index in [2.05, 4.69) is 4.74 Å². The molecule has 6 nitrogen and oxygen atoms in total. The van der Waals surface area contributed by atoms with Crippen molar-refractivity contribution in [1.82, 2.24) is 4.90 Å². The predicted molar refractivity (Wildman–Crippen MR) is 92.1 cm³/mol. The molecule has 0 aliphatic carbocycles. The van der Waals surface area contributed by atoms with E-state index < -0.39 is 0 Å². The largest absolute Gasteiger partial charge is 0.493 e. The summed E-state index contributed by atoms with van der Waals surface area (Å²) in [5, 5.41) is 0. The first-order valence-electron chi connectivity index (χ1n) is 7.70. The van der Waals surface area contributed by atoms with E-state index in [1.165, 1.54) is 13.2 Å². The van der Waals surface area contributed by atoms with E-state index in [1.807, 2.05) is 19.9 Å². The highest BCUT2D eigenvalue weighted by Gasteiger charge is 2.16. The van der Waals surface area contributed by atoms with Crippen LogP contribution in [0.3, 0.4) is 0 Å². The number of rotatable bonds is 8. The first-order valence-corrected chi connectivity index (χ1v) is 7.70. The summed E-state index contributed by atoms with van der Waals surface area (Å²) in [5.41, 5.74) is 0.817. The first-order chi connectivity index (χ1) is 11.4. The maximum absolute atomic E-state index is 12.4. The number of amides is 1. The third-order valence-electron chi connectivity index (χ3n) is 3.52. The SMILES string of the molecule is COC(=O)CCN(C(=O)/C=C/c1ccc(OC)c(OC)c1)C(C)C. The Bertz CT molecular complexity index is 595. The van der Waals surface area contributed by atoms with Crippen molar-refractivity contribution in [2.45, 2.75) is 26.3 Å². The van der Waals surface area contributed by atoms with Crippen LogP contribution in [0.5, 0.6) is 11.5 Å². The van der Waals surface area contributed by atoms with Crippen molar-refractivity contribution in [3.05, 3.63) is 29.8 Å². The van der Waals surface area contributed by atoms with E-state index in [1.54, 1.807) is 37.3 Å². The second-order valence-electron chi connectivity index (χ2n) is 5.40. The van der Waals surface area contributed by atoms with Gasteiger partial charge in [0.2, 0.25) is 5.91 Å². The summed E-state index contributed by atoms with van der Waals surface area (Å²) in [6.45, 7) is 4.12. The lowest BCUT2D eigenvalue weighted by Gasteiger charge is -2.25. The number of hydrogen-bond donors (Lipinski definition) is 0. The van der Waals surface area contributed by atoms with E-state index in [0.29, 0.717) is 18.0 Å². The molecule has 0 aliphatic heterocycles. The fraction of sp³-hybridized carbons (Fsp3) is 0.444. The van der Waals surface area contributed by atoms with Crippen LogP contribution in [0.4, 0.5) is 0 Å². The number of ether oxygens (including phenoxy) is 3. The van der Waals surface area contributed by atoms with Crippen LogP contribution in [0.15, 0.2) is 24.3 Å². The van der Waals surface area contributed by atoms with Gasteiger partial charge in [0, 0.05) is 18.7 Å². The van der Waals surface area contributed by atoms with Crippen molar-refractivity contribution < 1.29 is 23.8 Å². The monoisotopic (exact) mass is 335 g/mol. The van der Waals surface area contributed by atoms with Gasteiger partial charge < -0.3 is 19.1 Å². The molecule has 0 saturated heterocycles. The molecule has 0 N–H and O–H groups in total. The summed E-state index contributed by atoms with van der Waals surface area (Å²) in [6, 6.07) is 5.38. The van der Waals surface area contributed by atoms with Gasteiger partial charge in [0.1, 0.15) is 0 Å². The summed E-state index contributed by atoms with van der Waals surface area (Å²) in [4.78, 5) is 25.3. The fourth-order valence-electron chi connectivity index (χ4n) is 2.16. The van der Waals surface area contributed by atoms with Crippen LogP contribution in [-0.2, 0) is 14.3 Å². The Hall–Kier alpha value is -2.50. The van der Waals surface area contributed by atoms with Crippen LogP contribution in [0.25, 0.3) is 6.08 Å². The number of benzene rings is 1. The maximum Gasteiger partial charge on any atom is 0.307 e. The molecule has 0 bridgehead atoms. The molecule has 1 amide bonds. The van der Waals surface area contributed by atoms with Gasteiger partial charge in [0.15, 0.2) is 11.5 Å². The second-order valence-corrected chi connectivity index (χ2v) is 5.40. The van der Waals surface area contributed by atoms with Crippen molar-refractivity contribution >= 4 is 18.0 Å². The van der Waals surface area contributed by atoms with E-state index in [9.17, 15) is 9.59 Å². The number of methoxy groups -OCH3 is 3. The molecule has 0 aliphatic rings. The third-order valence-corrected chi connectivity index (χ3v) is 3.52. The molecule has 1 aromatic carbocycles. The summed E-state index contributed by atoms with van der Waals surface area (Å²) in [5.74, 6) is 0.724. The van der Waals surface area contributed by atoms with Crippen LogP contribution in [0.1, 0.15) is 25.8 Å². The van der Waals surface area contributed by atoms with Gasteiger partial charge in [0.25, 0.3) is 0 Å². The molecule has 0 unspecified atom stereocenters. The zero-order chi connectivity index (χ0) is 18.1.